The third kappa shape index (κ3) is 3.73. The number of nitrogens with one attached hydrogen (secondary N) is 2. The van der Waals surface area contributed by atoms with Crippen LogP contribution in [0.1, 0.15) is 18.1 Å². The Morgan fingerprint density at radius 2 is 1.63 bits per heavy atom. The first kappa shape index (κ1) is 21.0. The fourth-order valence-corrected chi connectivity index (χ4v) is 3.29. The molecule has 158 valence electrons. The minimum Gasteiger partial charge on any atom is -0.493 e. The molecule has 1 aliphatic rings. The van der Waals surface area contributed by atoms with Crippen LogP contribution in [0, 0.1) is 0 Å². The number of ether oxygens (including phenoxy) is 3. The Labute approximate surface area is 173 Å². The molecule has 2 N–H and O–H groups in total. The summed E-state index contributed by atoms with van der Waals surface area (Å²) in [7, 11) is 4.42. The highest BCUT2D eigenvalue weighted by molar-refractivity contribution is 6.08. The van der Waals surface area contributed by atoms with E-state index < -0.39 is 23.4 Å². The summed E-state index contributed by atoms with van der Waals surface area (Å²) >= 11 is 0. The fourth-order valence-electron chi connectivity index (χ4n) is 3.29. The van der Waals surface area contributed by atoms with E-state index in [0.29, 0.717) is 33.4 Å². The van der Waals surface area contributed by atoms with Crippen molar-refractivity contribution in [3.05, 3.63) is 53.6 Å². The van der Waals surface area contributed by atoms with E-state index in [1.807, 2.05) is 6.07 Å². The molecule has 2 aromatic rings. The molecule has 2 aromatic carbocycles. The zero-order chi connectivity index (χ0) is 21.9. The first-order valence-electron chi connectivity index (χ1n) is 9.14. The highest BCUT2D eigenvalue weighted by Crippen LogP contribution is 2.38. The lowest BCUT2D eigenvalue weighted by Gasteiger charge is -2.22. The minimum atomic E-state index is -1.27. The molecule has 1 aliphatic heterocycles. The SMILES string of the molecule is COc1cc(CC(=O)NN2C(=O)N[C@@](C)(c3ccccc3)C2=O)cc(OC)c1OC. The third-order valence-electron chi connectivity index (χ3n) is 4.87. The molecule has 0 saturated carbocycles. The smallest absolute Gasteiger partial charge is 0.344 e. The van der Waals surface area contributed by atoms with Crippen molar-refractivity contribution in [2.45, 2.75) is 18.9 Å². The van der Waals surface area contributed by atoms with Gasteiger partial charge < -0.3 is 19.5 Å². The van der Waals surface area contributed by atoms with Crippen LogP contribution in [0.5, 0.6) is 17.2 Å². The van der Waals surface area contributed by atoms with Crippen LogP contribution in [0.15, 0.2) is 42.5 Å². The normalized spacial score (nSPS) is 18.1. The van der Waals surface area contributed by atoms with Crippen molar-refractivity contribution < 1.29 is 28.6 Å². The van der Waals surface area contributed by atoms with E-state index in [1.54, 1.807) is 43.3 Å². The van der Waals surface area contributed by atoms with Crippen LogP contribution in [0.3, 0.4) is 0 Å². The van der Waals surface area contributed by atoms with Gasteiger partial charge in [-0.1, -0.05) is 30.3 Å². The van der Waals surface area contributed by atoms with Crippen molar-refractivity contribution >= 4 is 17.8 Å². The van der Waals surface area contributed by atoms with E-state index in [1.165, 1.54) is 21.3 Å². The molecular formula is C21H23N3O6. The van der Waals surface area contributed by atoms with E-state index in [4.69, 9.17) is 14.2 Å². The predicted molar refractivity (Wildman–Crippen MR) is 107 cm³/mol. The number of hydrogen-bond acceptors (Lipinski definition) is 6. The first-order valence-corrected chi connectivity index (χ1v) is 9.14. The maximum absolute atomic E-state index is 12.9. The van der Waals surface area contributed by atoms with Crippen LogP contribution in [0.25, 0.3) is 0 Å². The number of hydrazine groups is 1. The summed E-state index contributed by atoms with van der Waals surface area (Å²) in [6, 6.07) is 11.4. The Morgan fingerprint density at radius 3 is 2.17 bits per heavy atom. The summed E-state index contributed by atoms with van der Waals surface area (Å²) < 4.78 is 15.8. The van der Waals surface area contributed by atoms with Gasteiger partial charge in [0.2, 0.25) is 11.7 Å². The molecule has 0 aromatic heterocycles. The number of hydrogen-bond donors (Lipinski definition) is 2. The number of nitrogens with zero attached hydrogens (tertiary/aromatic N) is 1. The van der Waals surface area contributed by atoms with E-state index in [9.17, 15) is 14.4 Å². The predicted octanol–water partition coefficient (Wildman–Crippen LogP) is 1.75. The Kier molecular flexibility index (Phi) is 5.81. The van der Waals surface area contributed by atoms with Gasteiger partial charge in [0.15, 0.2) is 11.5 Å². The summed E-state index contributed by atoms with van der Waals surface area (Å²) in [6.07, 6.45) is -0.115. The maximum Gasteiger partial charge on any atom is 0.344 e. The summed E-state index contributed by atoms with van der Waals surface area (Å²) in [5.41, 5.74) is 2.28. The van der Waals surface area contributed by atoms with Gasteiger partial charge in [-0.2, -0.15) is 5.01 Å². The average molecular weight is 413 g/mol. The fraction of sp³-hybridized carbons (Fsp3) is 0.286. The molecule has 0 spiro atoms. The Morgan fingerprint density at radius 1 is 1.03 bits per heavy atom. The second kappa shape index (κ2) is 8.32. The molecular weight excluding hydrogens is 390 g/mol. The molecule has 1 heterocycles. The average Bonchev–Trinajstić information content (AvgIpc) is 2.97. The number of rotatable bonds is 7. The molecule has 3 rings (SSSR count). The van der Waals surface area contributed by atoms with Crippen molar-refractivity contribution in [1.82, 2.24) is 15.8 Å². The Balaban J connectivity index is 1.77. The molecule has 9 heteroatoms. The molecule has 0 radical (unpaired) electrons. The van der Waals surface area contributed by atoms with E-state index in [2.05, 4.69) is 10.7 Å². The van der Waals surface area contributed by atoms with Crippen LogP contribution in [0.2, 0.25) is 0 Å². The zero-order valence-electron chi connectivity index (χ0n) is 17.1. The Bertz CT molecular complexity index is 953. The van der Waals surface area contributed by atoms with Crippen molar-refractivity contribution in [2.24, 2.45) is 0 Å². The van der Waals surface area contributed by atoms with Gasteiger partial charge in [-0.15, -0.1) is 0 Å². The summed E-state index contributed by atoms with van der Waals surface area (Å²) in [5, 5.41) is 3.34. The molecule has 0 bridgehead atoms. The maximum atomic E-state index is 12.9. The second-order valence-corrected chi connectivity index (χ2v) is 6.81. The molecule has 0 aliphatic carbocycles. The van der Waals surface area contributed by atoms with Crippen LogP contribution in [-0.2, 0) is 21.5 Å². The zero-order valence-corrected chi connectivity index (χ0v) is 17.1. The molecule has 9 nitrogen and oxygen atoms in total. The molecule has 1 saturated heterocycles. The van der Waals surface area contributed by atoms with Crippen LogP contribution in [-0.4, -0.2) is 44.2 Å². The number of benzene rings is 2. The number of carbonyl (C=O) groups excluding carboxylic acids is 3. The first-order chi connectivity index (χ1) is 14.3. The van der Waals surface area contributed by atoms with Gasteiger partial charge in [-0.05, 0) is 30.2 Å². The van der Waals surface area contributed by atoms with Gasteiger partial charge in [0.25, 0.3) is 5.91 Å². The van der Waals surface area contributed by atoms with E-state index >= 15 is 0 Å². The topological polar surface area (TPSA) is 106 Å². The van der Waals surface area contributed by atoms with Gasteiger partial charge in [0.05, 0.1) is 27.8 Å². The minimum absolute atomic E-state index is 0.115. The standard InChI is InChI=1S/C21H23N3O6/c1-21(14-8-6-5-7-9-14)19(26)24(20(27)22-21)23-17(25)12-13-10-15(28-2)18(30-4)16(11-13)29-3/h5-11H,12H2,1-4H3,(H,22,27)(H,23,25)/t21-/m0/s1. The van der Waals surface area contributed by atoms with Gasteiger partial charge >= 0.3 is 6.03 Å². The lowest BCUT2D eigenvalue weighted by atomic mass is 9.92. The highest BCUT2D eigenvalue weighted by atomic mass is 16.5. The van der Waals surface area contributed by atoms with Crippen molar-refractivity contribution in [2.75, 3.05) is 21.3 Å². The second-order valence-electron chi connectivity index (χ2n) is 6.81. The number of urea groups is 1. The molecule has 1 fully saturated rings. The van der Waals surface area contributed by atoms with Gasteiger partial charge in [0.1, 0.15) is 5.54 Å². The number of carbonyl (C=O) groups is 3. The quantitative estimate of drug-likeness (QED) is 0.670. The Hall–Kier alpha value is -3.75. The highest BCUT2D eigenvalue weighted by Gasteiger charge is 2.49. The lowest BCUT2D eigenvalue weighted by molar-refractivity contribution is -0.138. The number of methoxy groups -OCH3 is 3. The number of amides is 4. The molecule has 1 atom stereocenters. The van der Waals surface area contributed by atoms with Gasteiger partial charge in [-0.3, -0.25) is 15.0 Å². The number of imide groups is 1. The largest absolute Gasteiger partial charge is 0.493 e. The summed E-state index contributed by atoms with van der Waals surface area (Å²) in [5.74, 6) is 0.0662. The summed E-state index contributed by atoms with van der Waals surface area (Å²) in [6.45, 7) is 1.59. The van der Waals surface area contributed by atoms with Gasteiger partial charge in [0, 0.05) is 0 Å². The van der Waals surface area contributed by atoms with Crippen molar-refractivity contribution in [3.63, 3.8) is 0 Å². The lowest BCUT2D eigenvalue weighted by Crippen LogP contribution is -2.48. The third-order valence-corrected chi connectivity index (χ3v) is 4.87. The van der Waals surface area contributed by atoms with Crippen LogP contribution in [0.4, 0.5) is 4.79 Å². The van der Waals surface area contributed by atoms with Gasteiger partial charge in [-0.25, -0.2) is 4.79 Å². The van der Waals surface area contributed by atoms with Crippen molar-refractivity contribution in [1.29, 1.82) is 0 Å². The molecule has 30 heavy (non-hydrogen) atoms. The van der Waals surface area contributed by atoms with E-state index in [0.717, 1.165) is 0 Å². The molecule has 4 amide bonds. The van der Waals surface area contributed by atoms with Crippen LogP contribution < -0.4 is 25.0 Å². The van der Waals surface area contributed by atoms with Crippen molar-refractivity contribution in [3.8, 4) is 17.2 Å². The van der Waals surface area contributed by atoms with E-state index in [-0.39, 0.29) is 6.42 Å². The summed E-state index contributed by atoms with van der Waals surface area (Å²) in [4.78, 5) is 37.8. The van der Waals surface area contributed by atoms with Crippen LogP contribution >= 0.6 is 0 Å². The monoisotopic (exact) mass is 413 g/mol. The molecule has 0 unspecified atom stereocenters.